The van der Waals surface area contributed by atoms with Gasteiger partial charge < -0.3 is 4.74 Å². The molecule has 106 valence electrons. The van der Waals surface area contributed by atoms with Gasteiger partial charge in [0, 0.05) is 7.11 Å². The van der Waals surface area contributed by atoms with E-state index in [0.29, 0.717) is 0 Å². The SMILES string of the molecule is CO[C@@H](C1=Cc2ccccc2[C@H](C)N=N1)c1ccccc1. The van der Waals surface area contributed by atoms with Crippen LogP contribution in [0.4, 0.5) is 0 Å². The van der Waals surface area contributed by atoms with Crippen molar-refractivity contribution in [2.45, 2.75) is 19.1 Å². The lowest BCUT2D eigenvalue weighted by Gasteiger charge is -2.15. The second kappa shape index (κ2) is 6.02. The molecule has 0 aliphatic carbocycles. The Morgan fingerprint density at radius 1 is 1.00 bits per heavy atom. The number of hydrogen-bond acceptors (Lipinski definition) is 3. The number of methoxy groups -OCH3 is 1. The molecule has 2 aromatic rings. The Kier molecular flexibility index (Phi) is 3.93. The summed E-state index contributed by atoms with van der Waals surface area (Å²) in [4.78, 5) is 0. The first kappa shape index (κ1) is 13.7. The summed E-state index contributed by atoms with van der Waals surface area (Å²) in [6.07, 6.45) is 1.87. The van der Waals surface area contributed by atoms with Crippen LogP contribution in [-0.2, 0) is 4.74 Å². The summed E-state index contributed by atoms with van der Waals surface area (Å²) in [7, 11) is 1.70. The van der Waals surface area contributed by atoms with Crippen molar-refractivity contribution in [2.24, 2.45) is 10.2 Å². The van der Waals surface area contributed by atoms with Crippen molar-refractivity contribution in [1.29, 1.82) is 0 Å². The van der Waals surface area contributed by atoms with E-state index in [1.807, 2.05) is 42.5 Å². The molecule has 0 bridgehead atoms. The minimum Gasteiger partial charge on any atom is -0.370 e. The largest absolute Gasteiger partial charge is 0.370 e. The highest BCUT2D eigenvalue weighted by atomic mass is 16.5. The third kappa shape index (κ3) is 2.78. The van der Waals surface area contributed by atoms with Gasteiger partial charge in [0.25, 0.3) is 0 Å². The van der Waals surface area contributed by atoms with Crippen LogP contribution in [-0.4, -0.2) is 7.11 Å². The Balaban J connectivity index is 2.05. The van der Waals surface area contributed by atoms with Crippen LogP contribution in [0, 0.1) is 0 Å². The molecule has 3 nitrogen and oxygen atoms in total. The average molecular weight is 278 g/mol. The smallest absolute Gasteiger partial charge is 0.126 e. The molecule has 0 unspecified atom stereocenters. The highest BCUT2D eigenvalue weighted by molar-refractivity contribution is 5.59. The van der Waals surface area contributed by atoms with Crippen LogP contribution in [0.1, 0.15) is 35.8 Å². The molecule has 1 heterocycles. The quantitative estimate of drug-likeness (QED) is 0.782. The van der Waals surface area contributed by atoms with Crippen LogP contribution in [0.25, 0.3) is 6.08 Å². The third-order valence-corrected chi connectivity index (χ3v) is 3.70. The summed E-state index contributed by atoms with van der Waals surface area (Å²) >= 11 is 0. The Labute approximate surface area is 125 Å². The minimum atomic E-state index is -0.201. The first-order valence-electron chi connectivity index (χ1n) is 7.08. The standard InChI is InChI=1S/C18H18N2O/c1-13-16-11-7-6-10-15(16)12-17(20-19-13)18(21-2)14-8-4-3-5-9-14/h3-13,18H,1-2H3/t13-,18+/m0/s1. The minimum absolute atomic E-state index is 0.0585. The summed E-state index contributed by atoms with van der Waals surface area (Å²) < 4.78 is 5.66. The molecule has 0 N–H and O–H groups in total. The third-order valence-electron chi connectivity index (χ3n) is 3.70. The Morgan fingerprint density at radius 2 is 1.71 bits per heavy atom. The molecule has 0 saturated heterocycles. The first-order chi connectivity index (χ1) is 10.3. The molecule has 0 saturated carbocycles. The van der Waals surface area contributed by atoms with Gasteiger partial charge in [0.2, 0.25) is 0 Å². The van der Waals surface area contributed by atoms with Gasteiger partial charge in [-0.15, -0.1) is 0 Å². The van der Waals surface area contributed by atoms with Crippen LogP contribution in [0.15, 0.2) is 70.5 Å². The predicted molar refractivity (Wildman–Crippen MR) is 83.9 cm³/mol. The zero-order chi connectivity index (χ0) is 14.7. The van der Waals surface area contributed by atoms with Crippen LogP contribution < -0.4 is 0 Å². The van der Waals surface area contributed by atoms with Gasteiger partial charge in [0.1, 0.15) is 6.10 Å². The number of hydrogen-bond donors (Lipinski definition) is 0. The van der Waals surface area contributed by atoms with Crippen molar-refractivity contribution >= 4 is 6.08 Å². The molecule has 1 aliphatic heterocycles. The molecule has 0 spiro atoms. The van der Waals surface area contributed by atoms with Crippen molar-refractivity contribution in [3.63, 3.8) is 0 Å². The summed E-state index contributed by atoms with van der Waals surface area (Å²) in [5.74, 6) is 0. The highest BCUT2D eigenvalue weighted by Crippen LogP contribution is 2.34. The van der Waals surface area contributed by atoms with E-state index in [4.69, 9.17) is 4.74 Å². The van der Waals surface area contributed by atoms with Crippen LogP contribution in [0.2, 0.25) is 0 Å². The lowest BCUT2D eigenvalue weighted by Crippen LogP contribution is -2.03. The van der Waals surface area contributed by atoms with Crippen molar-refractivity contribution < 1.29 is 4.74 Å². The fraction of sp³-hybridized carbons (Fsp3) is 0.222. The van der Waals surface area contributed by atoms with Crippen molar-refractivity contribution in [3.05, 3.63) is 77.0 Å². The fourth-order valence-corrected chi connectivity index (χ4v) is 2.61. The van der Waals surface area contributed by atoms with Crippen molar-refractivity contribution in [1.82, 2.24) is 0 Å². The number of benzene rings is 2. The zero-order valence-corrected chi connectivity index (χ0v) is 12.2. The molecule has 0 radical (unpaired) electrons. The molecule has 0 fully saturated rings. The second-order valence-corrected chi connectivity index (χ2v) is 5.12. The van der Waals surface area contributed by atoms with Gasteiger partial charge in [0.05, 0.1) is 11.7 Å². The monoisotopic (exact) mass is 278 g/mol. The number of fused-ring (bicyclic) bond motifs is 1. The summed E-state index contributed by atoms with van der Waals surface area (Å²) in [5, 5.41) is 8.85. The van der Waals surface area contributed by atoms with Gasteiger partial charge in [-0.1, -0.05) is 54.6 Å². The van der Waals surface area contributed by atoms with Gasteiger partial charge in [-0.25, -0.2) is 0 Å². The van der Waals surface area contributed by atoms with Crippen molar-refractivity contribution in [2.75, 3.05) is 7.11 Å². The number of nitrogens with zero attached hydrogens (tertiary/aromatic N) is 2. The van der Waals surface area contributed by atoms with E-state index in [1.165, 1.54) is 5.56 Å². The van der Waals surface area contributed by atoms with Crippen molar-refractivity contribution in [3.8, 4) is 0 Å². The van der Waals surface area contributed by atoms with E-state index in [9.17, 15) is 0 Å². The first-order valence-corrected chi connectivity index (χ1v) is 7.08. The van der Waals surface area contributed by atoms with Gasteiger partial charge in [-0.05, 0) is 29.7 Å². The molecule has 2 aromatic carbocycles. The maximum atomic E-state index is 5.66. The van der Waals surface area contributed by atoms with Gasteiger partial charge in [0.15, 0.2) is 0 Å². The number of ether oxygens (including phenoxy) is 1. The normalized spacial score (nSPS) is 18.6. The molecule has 0 amide bonds. The molecule has 0 aromatic heterocycles. The second-order valence-electron chi connectivity index (χ2n) is 5.12. The number of rotatable bonds is 3. The lowest BCUT2D eigenvalue weighted by atomic mass is 9.99. The molecule has 2 atom stereocenters. The Morgan fingerprint density at radius 3 is 2.48 bits per heavy atom. The summed E-state index contributed by atoms with van der Waals surface area (Å²) in [6, 6.07) is 18.4. The molecule has 21 heavy (non-hydrogen) atoms. The molecule has 1 aliphatic rings. The molecule has 3 rings (SSSR count). The van der Waals surface area contributed by atoms with E-state index in [0.717, 1.165) is 16.8 Å². The van der Waals surface area contributed by atoms with E-state index in [-0.39, 0.29) is 12.1 Å². The molecular weight excluding hydrogens is 260 g/mol. The number of azo groups is 1. The Hall–Kier alpha value is -2.26. The maximum absolute atomic E-state index is 5.66. The van der Waals surface area contributed by atoms with Crippen LogP contribution in [0.3, 0.4) is 0 Å². The van der Waals surface area contributed by atoms with Crippen LogP contribution >= 0.6 is 0 Å². The van der Waals surface area contributed by atoms with Crippen LogP contribution in [0.5, 0.6) is 0 Å². The van der Waals surface area contributed by atoms with Gasteiger partial charge in [-0.3, -0.25) is 0 Å². The molecular formula is C18H18N2O. The molecule has 3 heteroatoms. The maximum Gasteiger partial charge on any atom is 0.126 e. The van der Waals surface area contributed by atoms with Gasteiger partial charge in [-0.2, -0.15) is 10.2 Å². The Bertz CT molecular complexity index is 677. The van der Waals surface area contributed by atoms with E-state index in [1.54, 1.807) is 7.11 Å². The van der Waals surface area contributed by atoms with Gasteiger partial charge >= 0.3 is 0 Å². The highest BCUT2D eigenvalue weighted by Gasteiger charge is 2.20. The topological polar surface area (TPSA) is 34.0 Å². The summed E-state index contributed by atoms with van der Waals surface area (Å²) in [6.45, 7) is 2.06. The van der Waals surface area contributed by atoms with E-state index in [2.05, 4.69) is 35.4 Å². The average Bonchev–Trinajstić information content (AvgIpc) is 2.69. The summed E-state index contributed by atoms with van der Waals surface area (Å²) in [5.41, 5.74) is 4.26. The zero-order valence-electron chi connectivity index (χ0n) is 12.2. The fourth-order valence-electron chi connectivity index (χ4n) is 2.61. The predicted octanol–water partition coefficient (Wildman–Crippen LogP) is 4.94. The van der Waals surface area contributed by atoms with E-state index < -0.39 is 0 Å². The lowest BCUT2D eigenvalue weighted by molar-refractivity contribution is 0.132. The van der Waals surface area contributed by atoms with E-state index >= 15 is 0 Å².